The second-order valence-electron chi connectivity index (χ2n) is 7.83. The Bertz CT molecular complexity index is 1270. The van der Waals surface area contributed by atoms with Gasteiger partial charge >= 0.3 is 0 Å². The number of amides is 3. The molecule has 0 aromatic heterocycles. The van der Waals surface area contributed by atoms with Crippen LogP contribution in [0.3, 0.4) is 0 Å². The van der Waals surface area contributed by atoms with E-state index in [4.69, 9.17) is 11.6 Å². The molecule has 0 saturated carbocycles. The van der Waals surface area contributed by atoms with Crippen molar-refractivity contribution in [3.8, 4) is 0 Å². The monoisotopic (exact) mass is 459 g/mol. The fourth-order valence-electron chi connectivity index (χ4n) is 3.44. The van der Waals surface area contributed by atoms with Crippen molar-refractivity contribution in [3.63, 3.8) is 0 Å². The summed E-state index contributed by atoms with van der Waals surface area (Å²) < 4.78 is 0. The van der Waals surface area contributed by atoms with Gasteiger partial charge in [0.25, 0.3) is 17.7 Å². The maximum absolute atomic E-state index is 12.8. The zero-order valence-corrected chi connectivity index (χ0v) is 18.9. The lowest BCUT2D eigenvalue weighted by molar-refractivity contribution is -0.138. The number of carbonyl (C=O) groups is 3. The van der Waals surface area contributed by atoms with Crippen molar-refractivity contribution in [2.24, 2.45) is 0 Å². The van der Waals surface area contributed by atoms with Crippen molar-refractivity contribution in [1.29, 1.82) is 0 Å². The molecule has 0 saturated heterocycles. The normalized spacial score (nSPS) is 13.5. The van der Waals surface area contributed by atoms with Gasteiger partial charge in [-0.2, -0.15) is 0 Å². The van der Waals surface area contributed by atoms with E-state index in [0.717, 1.165) is 27.3 Å². The van der Waals surface area contributed by atoms with Gasteiger partial charge in [-0.25, -0.2) is 0 Å². The molecular formula is C26H22ClN3O3. The van der Waals surface area contributed by atoms with Gasteiger partial charge in [-0.1, -0.05) is 48.0 Å². The molecule has 3 aromatic rings. The van der Waals surface area contributed by atoms with Crippen molar-refractivity contribution in [3.05, 3.63) is 106 Å². The maximum Gasteiger partial charge on any atom is 0.279 e. The summed E-state index contributed by atoms with van der Waals surface area (Å²) in [5, 5.41) is 5.63. The van der Waals surface area contributed by atoms with Crippen LogP contribution in [0.1, 0.15) is 27.0 Å². The maximum atomic E-state index is 12.8. The average Bonchev–Trinajstić information content (AvgIpc) is 3.01. The fourth-order valence-corrected chi connectivity index (χ4v) is 3.67. The van der Waals surface area contributed by atoms with E-state index in [1.54, 1.807) is 24.3 Å². The second kappa shape index (κ2) is 9.30. The van der Waals surface area contributed by atoms with E-state index in [1.165, 1.54) is 0 Å². The lowest BCUT2D eigenvalue weighted by Gasteiger charge is -2.15. The third kappa shape index (κ3) is 4.81. The molecule has 0 radical (unpaired) electrons. The van der Waals surface area contributed by atoms with Crippen LogP contribution in [0.15, 0.2) is 83.5 Å². The summed E-state index contributed by atoms with van der Waals surface area (Å²) in [6.07, 6.45) is 0. The first kappa shape index (κ1) is 22.3. The van der Waals surface area contributed by atoms with Crippen molar-refractivity contribution in [2.45, 2.75) is 20.4 Å². The zero-order chi connectivity index (χ0) is 23.5. The molecule has 4 rings (SSSR count). The van der Waals surface area contributed by atoms with Crippen molar-refractivity contribution >= 4 is 40.7 Å². The van der Waals surface area contributed by atoms with Crippen LogP contribution in [0, 0.1) is 13.8 Å². The minimum absolute atomic E-state index is 0.0185. The molecule has 7 heteroatoms. The summed E-state index contributed by atoms with van der Waals surface area (Å²) in [7, 11) is 0. The van der Waals surface area contributed by atoms with Gasteiger partial charge in [0.15, 0.2) is 0 Å². The van der Waals surface area contributed by atoms with E-state index >= 15 is 0 Å². The minimum atomic E-state index is -0.544. The summed E-state index contributed by atoms with van der Waals surface area (Å²) in [6.45, 7) is 4.14. The SMILES string of the molecule is Cc1ccc(NC(=O)c2ccc(NC3=C(Cl)C(=O)N(Cc4ccccc4)C3=O)cc2)cc1C. The van der Waals surface area contributed by atoms with E-state index in [0.29, 0.717) is 11.3 Å². The number of hydrogen-bond acceptors (Lipinski definition) is 4. The molecule has 0 spiro atoms. The van der Waals surface area contributed by atoms with Gasteiger partial charge in [-0.05, 0) is 66.9 Å². The van der Waals surface area contributed by atoms with E-state index in [2.05, 4.69) is 10.6 Å². The molecule has 166 valence electrons. The number of imide groups is 1. The summed E-state index contributed by atoms with van der Waals surface area (Å²) in [5.41, 5.74) is 4.80. The van der Waals surface area contributed by atoms with Crippen LogP contribution >= 0.6 is 11.6 Å². The van der Waals surface area contributed by atoms with E-state index in [-0.39, 0.29) is 23.2 Å². The third-order valence-electron chi connectivity index (χ3n) is 5.48. The number of nitrogens with zero attached hydrogens (tertiary/aromatic N) is 1. The Morgan fingerprint density at radius 2 is 1.52 bits per heavy atom. The highest BCUT2D eigenvalue weighted by Gasteiger charge is 2.37. The van der Waals surface area contributed by atoms with Crippen LogP contribution in [-0.4, -0.2) is 22.6 Å². The first-order chi connectivity index (χ1) is 15.8. The number of halogens is 1. The van der Waals surface area contributed by atoms with Gasteiger partial charge < -0.3 is 10.6 Å². The Kier molecular flexibility index (Phi) is 6.29. The standard InChI is InChI=1S/C26H22ClN3O3/c1-16-8-11-21(14-17(16)2)29-24(31)19-9-12-20(13-10-19)28-23-22(27)25(32)30(26(23)33)15-18-6-4-3-5-7-18/h3-14,28H,15H2,1-2H3,(H,29,31). The Morgan fingerprint density at radius 3 is 2.18 bits per heavy atom. The topological polar surface area (TPSA) is 78.5 Å². The molecule has 1 aliphatic rings. The molecule has 1 heterocycles. The predicted octanol–water partition coefficient (Wildman–Crippen LogP) is 4.99. The van der Waals surface area contributed by atoms with Crippen LogP contribution in [0.5, 0.6) is 0 Å². The Morgan fingerprint density at radius 1 is 0.848 bits per heavy atom. The van der Waals surface area contributed by atoms with Gasteiger partial charge in [0, 0.05) is 16.9 Å². The minimum Gasteiger partial charge on any atom is -0.350 e. The first-order valence-electron chi connectivity index (χ1n) is 10.4. The number of carbonyl (C=O) groups excluding carboxylic acids is 3. The first-order valence-corrected chi connectivity index (χ1v) is 10.8. The molecule has 0 atom stereocenters. The van der Waals surface area contributed by atoms with E-state index in [1.807, 2.05) is 62.4 Å². The van der Waals surface area contributed by atoms with E-state index < -0.39 is 11.8 Å². The Hall–Kier alpha value is -3.90. The number of hydrogen-bond donors (Lipinski definition) is 2. The van der Waals surface area contributed by atoms with E-state index in [9.17, 15) is 14.4 Å². The molecule has 0 fully saturated rings. The Labute approximate surface area is 196 Å². The molecule has 0 bridgehead atoms. The molecule has 2 N–H and O–H groups in total. The van der Waals surface area contributed by atoms with Crippen LogP contribution in [-0.2, 0) is 16.1 Å². The lowest BCUT2D eigenvalue weighted by atomic mass is 10.1. The van der Waals surface area contributed by atoms with Gasteiger partial charge in [-0.3, -0.25) is 19.3 Å². The molecular weight excluding hydrogens is 438 g/mol. The molecule has 33 heavy (non-hydrogen) atoms. The average molecular weight is 460 g/mol. The fraction of sp³-hybridized carbons (Fsp3) is 0.115. The Balaban J connectivity index is 1.43. The highest BCUT2D eigenvalue weighted by atomic mass is 35.5. The molecule has 0 unspecified atom stereocenters. The molecule has 3 amide bonds. The zero-order valence-electron chi connectivity index (χ0n) is 18.2. The van der Waals surface area contributed by atoms with Gasteiger partial charge in [-0.15, -0.1) is 0 Å². The number of rotatable bonds is 6. The summed E-state index contributed by atoms with van der Waals surface area (Å²) >= 11 is 6.17. The molecule has 1 aliphatic heterocycles. The second-order valence-corrected chi connectivity index (χ2v) is 8.20. The van der Waals surface area contributed by atoms with Crippen molar-refractivity contribution < 1.29 is 14.4 Å². The quantitative estimate of drug-likeness (QED) is 0.509. The van der Waals surface area contributed by atoms with Crippen LogP contribution in [0.25, 0.3) is 0 Å². The molecule has 3 aromatic carbocycles. The number of benzene rings is 3. The summed E-state index contributed by atoms with van der Waals surface area (Å²) in [4.78, 5) is 39.0. The number of nitrogens with one attached hydrogen (secondary N) is 2. The van der Waals surface area contributed by atoms with Crippen LogP contribution in [0.2, 0.25) is 0 Å². The summed E-state index contributed by atoms with van der Waals surface area (Å²) in [6, 6.07) is 21.5. The van der Waals surface area contributed by atoms with Gasteiger partial charge in [0.05, 0.1) is 6.54 Å². The smallest absolute Gasteiger partial charge is 0.279 e. The van der Waals surface area contributed by atoms with Crippen LogP contribution < -0.4 is 10.6 Å². The largest absolute Gasteiger partial charge is 0.350 e. The van der Waals surface area contributed by atoms with Gasteiger partial charge in [0.2, 0.25) is 0 Å². The molecule has 6 nitrogen and oxygen atoms in total. The van der Waals surface area contributed by atoms with Crippen LogP contribution in [0.4, 0.5) is 11.4 Å². The van der Waals surface area contributed by atoms with Crippen molar-refractivity contribution in [2.75, 3.05) is 10.6 Å². The highest BCUT2D eigenvalue weighted by Crippen LogP contribution is 2.27. The third-order valence-corrected chi connectivity index (χ3v) is 5.83. The molecule has 0 aliphatic carbocycles. The number of anilines is 2. The predicted molar refractivity (Wildman–Crippen MR) is 129 cm³/mol. The summed E-state index contributed by atoms with van der Waals surface area (Å²) in [5.74, 6) is -1.29. The lowest BCUT2D eigenvalue weighted by Crippen LogP contribution is -2.31. The number of aryl methyl sites for hydroxylation is 2. The van der Waals surface area contributed by atoms with Gasteiger partial charge in [0.1, 0.15) is 10.7 Å². The highest BCUT2D eigenvalue weighted by molar-refractivity contribution is 6.48. The van der Waals surface area contributed by atoms with Crippen molar-refractivity contribution in [1.82, 2.24) is 4.90 Å².